The van der Waals surface area contributed by atoms with E-state index in [9.17, 15) is 22.8 Å². The van der Waals surface area contributed by atoms with Gasteiger partial charge in [-0.3, -0.25) is 14.9 Å². The maximum atomic E-state index is 12.7. The van der Waals surface area contributed by atoms with Gasteiger partial charge in [-0.05, 0) is 36.0 Å². The summed E-state index contributed by atoms with van der Waals surface area (Å²) < 4.78 is 43.7. The number of amides is 2. The molecule has 152 valence electrons. The van der Waals surface area contributed by atoms with Gasteiger partial charge in [0.2, 0.25) is 5.91 Å². The number of alkyl halides is 3. The zero-order valence-electron chi connectivity index (χ0n) is 14.9. The van der Waals surface area contributed by atoms with Crippen LogP contribution < -0.4 is 10.6 Å². The van der Waals surface area contributed by atoms with Gasteiger partial charge in [-0.15, -0.1) is 11.3 Å². The number of furan rings is 1. The Balaban J connectivity index is 1.71. The molecule has 11 heteroatoms. The average molecular weight is 441 g/mol. The van der Waals surface area contributed by atoms with Gasteiger partial charge in [-0.1, -0.05) is 12.1 Å². The topological polar surface area (TPSA) is 84.2 Å². The van der Waals surface area contributed by atoms with Gasteiger partial charge in [0.1, 0.15) is 11.5 Å². The van der Waals surface area contributed by atoms with E-state index in [1.807, 2.05) is 0 Å². The number of nitrogens with zero attached hydrogens (tertiary/aromatic N) is 1. The van der Waals surface area contributed by atoms with Gasteiger partial charge in [0, 0.05) is 17.2 Å². The van der Waals surface area contributed by atoms with Crippen molar-refractivity contribution in [2.75, 3.05) is 5.32 Å². The molecule has 0 unspecified atom stereocenters. The van der Waals surface area contributed by atoms with E-state index in [4.69, 9.17) is 4.42 Å². The molecule has 0 saturated heterocycles. The van der Waals surface area contributed by atoms with Crippen molar-refractivity contribution < 1.29 is 27.2 Å². The lowest BCUT2D eigenvalue weighted by Gasteiger charge is -2.10. The third-order valence-corrected chi connectivity index (χ3v) is 5.07. The summed E-state index contributed by atoms with van der Waals surface area (Å²) in [6.45, 7) is 1.63. The molecule has 3 rings (SSSR count). The van der Waals surface area contributed by atoms with Crippen molar-refractivity contribution in [3.63, 3.8) is 0 Å². The highest BCUT2D eigenvalue weighted by molar-refractivity contribution is 8.00. The van der Waals surface area contributed by atoms with Gasteiger partial charge in [-0.2, -0.15) is 13.2 Å². The maximum Gasteiger partial charge on any atom is 0.446 e. The number of rotatable bonds is 6. The predicted octanol–water partition coefficient (Wildman–Crippen LogP) is 4.90. The summed E-state index contributed by atoms with van der Waals surface area (Å²) in [5.74, 6) is 0.0941. The molecule has 0 spiro atoms. The zero-order valence-corrected chi connectivity index (χ0v) is 16.5. The molecule has 0 aliphatic carbocycles. The fourth-order valence-corrected chi connectivity index (χ4v) is 3.66. The summed E-state index contributed by atoms with van der Waals surface area (Å²) in [4.78, 5) is 27.4. The second-order valence-corrected chi connectivity index (χ2v) is 7.68. The molecule has 29 heavy (non-hydrogen) atoms. The SMILES string of the molecule is CC(=O)NCc1ccc(-c2csc(NC(=O)c3ccccc3SC(F)(F)F)n2)o1. The lowest BCUT2D eigenvalue weighted by molar-refractivity contribution is -0.119. The van der Waals surface area contributed by atoms with Crippen LogP contribution in [0.3, 0.4) is 0 Å². The number of halogens is 3. The number of nitrogens with one attached hydrogen (secondary N) is 2. The molecule has 1 aromatic carbocycles. The smallest absolute Gasteiger partial charge is 0.446 e. The summed E-state index contributed by atoms with van der Waals surface area (Å²) in [6.07, 6.45) is 0. The van der Waals surface area contributed by atoms with Crippen LogP contribution >= 0.6 is 23.1 Å². The third kappa shape index (κ3) is 5.84. The van der Waals surface area contributed by atoms with Crippen LogP contribution in [0.15, 0.2) is 51.1 Å². The Kier molecular flexibility index (Phi) is 6.28. The molecular formula is C18H14F3N3O3S2. The van der Waals surface area contributed by atoms with E-state index in [1.54, 1.807) is 17.5 Å². The minimum absolute atomic E-state index is 0.0952. The quantitative estimate of drug-likeness (QED) is 0.532. The van der Waals surface area contributed by atoms with Crippen LogP contribution in [0.1, 0.15) is 23.0 Å². The summed E-state index contributed by atoms with van der Waals surface area (Å²) in [6, 6.07) is 8.84. The van der Waals surface area contributed by atoms with Crippen molar-refractivity contribution in [1.29, 1.82) is 0 Å². The minimum Gasteiger partial charge on any atom is -0.458 e. The van der Waals surface area contributed by atoms with Gasteiger partial charge < -0.3 is 9.73 Å². The molecule has 0 aliphatic heterocycles. The van der Waals surface area contributed by atoms with E-state index in [0.717, 1.165) is 11.3 Å². The molecule has 2 heterocycles. The molecule has 3 aromatic rings. The third-order valence-electron chi connectivity index (χ3n) is 3.51. The normalized spacial score (nSPS) is 11.3. The molecule has 0 bridgehead atoms. The Hall–Kier alpha value is -2.79. The van der Waals surface area contributed by atoms with E-state index in [2.05, 4.69) is 15.6 Å². The number of hydrogen-bond acceptors (Lipinski definition) is 6. The second-order valence-electron chi connectivity index (χ2n) is 5.71. The van der Waals surface area contributed by atoms with Gasteiger partial charge in [0.15, 0.2) is 10.9 Å². The van der Waals surface area contributed by atoms with Crippen LogP contribution in [-0.4, -0.2) is 22.3 Å². The van der Waals surface area contributed by atoms with Crippen LogP contribution in [-0.2, 0) is 11.3 Å². The lowest BCUT2D eigenvalue weighted by Crippen LogP contribution is -2.18. The van der Waals surface area contributed by atoms with Crippen molar-refractivity contribution in [2.45, 2.75) is 23.9 Å². The highest BCUT2D eigenvalue weighted by atomic mass is 32.2. The van der Waals surface area contributed by atoms with Crippen molar-refractivity contribution in [1.82, 2.24) is 10.3 Å². The predicted molar refractivity (Wildman–Crippen MR) is 104 cm³/mol. The van der Waals surface area contributed by atoms with E-state index in [-0.39, 0.29) is 39.8 Å². The van der Waals surface area contributed by atoms with Crippen LogP contribution in [0.4, 0.5) is 18.3 Å². The number of aromatic nitrogens is 1. The molecule has 6 nitrogen and oxygen atoms in total. The van der Waals surface area contributed by atoms with Crippen molar-refractivity contribution in [3.05, 3.63) is 53.1 Å². The van der Waals surface area contributed by atoms with Gasteiger partial charge in [0.25, 0.3) is 5.91 Å². The maximum absolute atomic E-state index is 12.7. The number of hydrogen-bond donors (Lipinski definition) is 2. The fourth-order valence-electron chi connectivity index (χ4n) is 2.30. The number of benzene rings is 1. The van der Waals surface area contributed by atoms with Crippen LogP contribution in [0.5, 0.6) is 0 Å². The average Bonchev–Trinajstić information content (AvgIpc) is 3.28. The summed E-state index contributed by atoms with van der Waals surface area (Å²) in [5.41, 5.74) is -4.14. The summed E-state index contributed by atoms with van der Waals surface area (Å²) in [5, 5.41) is 6.98. The highest BCUT2D eigenvalue weighted by Gasteiger charge is 2.31. The number of carbonyl (C=O) groups is 2. The van der Waals surface area contributed by atoms with Gasteiger partial charge in [-0.25, -0.2) is 4.98 Å². The van der Waals surface area contributed by atoms with Crippen molar-refractivity contribution in [2.24, 2.45) is 0 Å². The second kappa shape index (κ2) is 8.70. The highest BCUT2D eigenvalue weighted by Crippen LogP contribution is 2.38. The molecular weight excluding hydrogens is 427 g/mol. The Morgan fingerprint density at radius 2 is 1.97 bits per heavy atom. The van der Waals surface area contributed by atoms with Crippen LogP contribution in [0.25, 0.3) is 11.5 Å². The number of anilines is 1. The Bertz CT molecular complexity index is 1030. The molecule has 0 saturated carbocycles. The Morgan fingerprint density at radius 1 is 1.21 bits per heavy atom. The fraction of sp³-hybridized carbons (Fsp3) is 0.167. The van der Waals surface area contributed by atoms with Crippen molar-refractivity contribution >= 4 is 40.0 Å². The number of thioether (sulfide) groups is 1. The van der Waals surface area contributed by atoms with E-state index in [0.29, 0.717) is 17.2 Å². The van der Waals surface area contributed by atoms with E-state index < -0.39 is 11.4 Å². The zero-order chi connectivity index (χ0) is 21.0. The Labute approximate surface area is 171 Å². The lowest BCUT2D eigenvalue weighted by atomic mass is 10.2. The molecule has 0 aliphatic rings. The summed E-state index contributed by atoms with van der Waals surface area (Å²) in [7, 11) is 0. The van der Waals surface area contributed by atoms with Gasteiger partial charge in [0.05, 0.1) is 12.1 Å². The molecule has 0 fully saturated rings. The minimum atomic E-state index is -4.50. The van der Waals surface area contributed by atoms with Crippen LogP contribution in [0.2, 0.25) is 0 Å². The molecule has 0 radical (unpaired) electrons. The summed E-state index contributed by atoms with van der Waals surface area (Å²) >= 11 is 0.767. The monoisotopic (exact) mass is 441 g/mol. The first-order valence-electron chi connectivity index (χ1n) is 8.16. The van der Waals surface area contributed by atoms with Crippen LogP contribution in [0, 0.1) is 0 Å². The van der Waals surface area contributed by atoms with Crippen molar-refractivity contribution in [3.8, 4) is 11.5 Å². The first-order valence-corrected chi connectivity index (χ1v) is 9.86. The van der Waals surface area contributed by atoms with E-state index >= 15 is 0 Å². The first kappa shape index (κ1) is 20.9. The standard InChI is InChI=1S/C18H14F3N3O3S2/c1-10(25)22-8-11-6-7-14(27-11)13-9-28-17(23-13)24-16(26)12-4-2-3-5-15(12)29-18(19,20)21/h2-7,9H,8H2,1H3,(H,22,25)(H,23,24,26). The largest absolute Gasteiger partial charge is 0.458 e. The molecule has 2 amide bonds. The Morgan fingerprint density at radius 3 is 2.69 bits per heavy atom. The number of thiazole rings is 1. The van der Waals surface area contributed by atoms with E-state index in [1.165, 1.54) is 31.2 Å². The molecule has 2 aromatic heterocycles. The molecule has 2 N–H and O–H groups in total. The number of carbonyl (C=O) groups excluding carboxylic acids is 2. The molecule has 0 atom stereocenters. The van der Waals surface area contributed by atoms with Gasteiger partial charge >= 0.3 is 5.51 Å². The first-order chi connectivity index (χ1) is 13.7.